The highest BCUT2D eigenvalue weighted by molar-refractivity contribution is 8.00. The van der Waals surface area contributed by atoms with Crippen LogP contribution in [0.3, 0.4) is 0 Å². The first-order valence-electron chi connectivity index (χ1n) is 37.9. The Labute approximate surface area is 628 Å². The first-order valence-corrected chi connectivity index (χ1v) is 38.7. The minimum absolute atomic E-state index is 0.0575. The van der Waals surface area contributed by atoms with E-state index < -0.39 is 5.41 Å². The minimum Gasteiger partial charge on any atom is -0.310 e. The number of aromatic nitrogens is 2. The van der Waals surface area contributed by atoms with E-state index in [0.29, 0.717) is 0 Å². The molecule has 106 heavy (non-hydrogen) atoms. The Morgan fingerprint density at radius 1 is 0.302 bits per heavy atom. The molecule has 2 aliphatic carbocycles. The molecule has 512 valence electrons. The quantitative estimate of drug-likeness (QED) is 0.154. The molecule has 0 bridgehead atoms. The Morgan fingerprint density at radius 3 is 1.16 bits per heavy atom. The fourth-order valence-corrected chi connectivity index (χ4v) is 20.0. The average molecular weight is 1380 g/mol. The molecule has 4 aliphatic rings. The van der Waals surface area contributed by atoms with E-state index in [1.54, 1.807) is 0 Å². The second-order valence-electron chi connectivity index (χ2n) is 34.4. The first kappa shape index (κ1) is 64.5. The molecular weight excluding hydrogens is 1300 g/mol. The number of anilines is 3. The van der Waals surface area contributed by atoms with Crippen molar-refractivity contribution in [3.8, 4) is 67.0 Å². The monoisotopic (exact) mass is 1380 g/mol. The second kappa shape index (κ2) is 23.0. The zero-order chi connectivity index (χ0) is 72.2. The summed E-state index contributed by atoms with van der Waals surface area (Å²) in [6, 6.07) is 113. The van der Waals surface area contributed by atoms with Gasteiger partial charge in [-0.15, -0.1) is 0 Å². The van der Waals surface area contributed by atoms with E-state index in [2.05, 4.69) is 388 Å². The number of rotatable bonds is 6. The third kappa shape index (κ3) is 9.46. The van der Waals surface area contributed by atoms with Crippen molar-refractivity contribution in [3.63, 3.8) is 0 Å². The first-order chi connectivity index (χ1) is 51.1. The fourth-order valence-electron chi connectivity index (χ4n) is 18.7. The summed E-state index contributed by atoms with van der Waals surface area (Å²) in [5, 5.41) is 5.07. The summed E-state index contributed by atoms with van der Waals surface area (Å²) in [5.74, 6) is 0. The summed E-state index contributed by atoms with van der Waals surface area (Å²) in [4.78, 5) is 5.33. The lowest BCUT2D eigenvalue weighted by Crippen LogP contribution is -2.60. The Kier molecular flexibility index (Phi) is 14.0. The van der Waals surface area contributed by atoms with Crippen molar-refractivity contribution in [2.75, 3.05) is 4.90 Å². The lowest BCUT2D eigenvalue weighted by Gasteiger charge is -2.42. The van der Waals surface area contributed by atoms with Gasteiger partial charge in [-0.1, -0.05) is 307 Å². The van der Waals surface area contributed by atoms with Crippen molar-refractivity contribution in [2.24, 2.45) is 0 Å². The number of hydrogen-bond acceptors (Lipinski definition) is 2. The third-order valence-corrected chi connectivity index (χ3v) is 25.2. The standard InChI is InChI=1S/C101H84BN3S/c1-97(2,3)65-40-48-86-76(54-65)77-55-66(98(4,5)6)41-49-87(77)103(86)69-44-46-84-90(58-69)105(95-74(62-30-18-14-19-31-62)52-64(61-28-16-13-17-29-61)53-75(95)63-32-20-15-21-33-63)91-59-70(104-88-50-42-67(99(7,8)9)56-78(88)79-57-68(100(10,11)12)43-51-89(79)104)60-92-94(91)102(84)85-47-45-83-93(96(85)106-92)73-36-24-27-39-82(73)101(83)80-37-25-22-34-71(80)72-35-23-26-38-81(72)101/h13-60H,1-12H3. The summed E-state index contributed by atoms with van der Waals surface area (Å²) in [6.07, 6.45) is 0. The molecule has 1 spiro atoms. The highest BCUT2D eigenvalue weighted by Gasteiger charge is 2.54. The molecule has 0 radical (unpaired) electrons. The molecule has 2 aliphatic heterocycles. The largest absolute Gasteiger partial charge is 0.310 e. The van der Waals surface area contributed by atoms with Gasteiger partial charge in [0.05, 0.1) is 33.2 Å². The van der Waals surface area contributed by atoms with Gasteiger partial charge >= 0.3 is 0 Å². The fraction of sp³-hybridized carbons (Fsp3) is 0.168. The number of hydrogen-bond donors (Lipinski definition) is 0. The van der Waals surface area contributed by atoms with E-state index in [1.165, 1.54) is 142 Å². The van der Waals surface area contributed by atoms with Crippen LogP contribution in [0.15, 0.2) is 301 Å². The van der Waals surface area contributed by atoms with Crippen molar-refractivity contribution in [3.05, 3.63) is 336 Å². The summed E-state index contributed by atoms with van der Waals surface area (Å²) in [6.45, 7) is 27.9. The van der Waals surface area contributed by atoms with E-state index >= 15 is 0 Å². The average Bonchev–Trinajstić information content (AvgIpc) is 1.46. The highest BCUT2D eigenvalue weighted by atomic mass is 32.2. The van der Waals surface area contributed by atoms with Gasteiger partial charge in [-0.2, -0.15) is 0 Å². The van der Waals surface area contributed by atoms with Gasteiger partial charge in [0.25, 0.3) is 0 Å². The van der Waals surface area contributed by atoms with Crippen LogP contribution in [0.2, 0.25) is 0 Å². The van der Waals surface area contributed by atoms with E-state index in [9.17, 15) is 0 Å². The van der Waals surface area contributed by atoms with Crippen LogP contribution in [0.1, 0.15) is 128 Å². The van der Waals surface area contributed by atoms with Crippen LogP contribution in [0.4, 0.5) is 17.1 Å². The maximum atomic E-state index is 2.75. The molecule has 0 amide bonds. The number of nitrogens with zero attached hydrogens (tertiary/aromatic N) is 3. The lowest BCUT2D eigenvalue weighted by molar-refractivity contribution is 0.590. The van der Waals surface area contributed by atoms with Gasteiger partial charge in [0, 0.05) is 70.8 Å². The molecular formula is C101H84BN3S. The van der Waals surface area contributed by atoms with E-state index in [1.807, 2.05) is 11.8 Å². The van der Waals surface area contributed by atoms with Gasteiger partial charge in [-0.3, -0.25) is 0 Å². The molecule has 2 aromatic heterocycles. The van der Waals surface area contributed by atoms with Gasteiger partial charge in [0.1, 0.15) is 0 Å². The molecule has 0 atom stereocenters. The van der Waals surface area contributed by atoms with Gasteiger partial charge in [-0.05, 0) is 201 Å². The van der Waals surface area contributed by atoms with Crippen LogP contribution < -0.4 is 21.3 Å². The van der Waals surface area contributed by atoms with Crippen LogP contribution >= 0.6 is 11.8 Å². The predicted octanol–water partition coefficient (Wildman–Crippen LogP) is 25.2. The molecule has 0 saturated carbocycles. The zero-order valence-corrected chi connectivity index (χ0v) is 63.4. The van der Waals surface area contributed by atoms with Crippen molar-refractivity contribution < 1.29 is 0 Å². The van der Waals surface area contributed by atoms with Gasteiger partial charge < -0.3 is 14.0 Å². The van der Waals surface area contributed by atoms with Gasteiger partial charge in [0.15, 0.2) is 0 Å². The predicted molar refractivity (Wildman–Crippen MR) is 452 cm³/mol. The number of benzene rings is 14. The van der Waals surface area contributed by atoms with E-state index in [0.717, 1.165) is 56.3 Å². The summed E-state index contributed by atoms with van der Waals surface area (Å²) >= 11 is 2.00. The maximum Gasteiger partial charge on any atom is 0.249 e. The molecule has 0 N–H and O–H groups in total. The second-order valence-corrected chi connectivity index (χ2v) is 35.5. The molecule has 20 rings (SSSR count). The van der Waals surface area contributed by atoms with Crippen LogP contribution in [-0.2, 0) is 27.1 Å². The lowest BCUT2D eigenvalue weighted by atomic mass is 9.34. The molecule has 0 saturated heterocycles. The van der Waals surface area contributed by atoms with Crippen LogP contribution in [0.25, 0.3) is 111 Å². The Hall–Kier alpha value is -11.1. The van der Waals surface area contributed by atoms with Crippen LogP contribution in [0.5, 0.6) is 0 Å². The molecule has 5 heteroatoms. The Morgan fingerprint density at radius 2 is 0.698 bits per heavy atom. The van der Waals surface area contributed by atoms with Crippen molar-refractivity contribution in [1.29, 1.82) is 0 Å². The molecule has 14 aromatic carbocycles. The zero-order valence-electron chi connectivity index (χ0n) is 62.5. The highest BCUT2D eigenvalue weighted by Crippen LogP contribution is 2.65. The summed E-state index contributed by atoms with van der Waals surface area (Å²) in [5.41, 5.74) is 36.5. The maximum absolute atomic E-state index is 2.75. The molecule has 0 unspecified atom stereocenters. The minimum atomic E-state index is -0.518. The third-order valence-electron chi connectivity index (χ3n) is 24.0. The van der Waals surface area contributed by atoms with E-state index in [-0.39, 0.29) is 28.4 Å². The Bertz CT molecular complexity index is 6150. The normalized spacial score (nSPS) is 14.0. The van der Waals surface area contributed by atoms with Crippen molar-refractivity contribution >= 4 is 95.5 Å². The van der Waals surface area contributed by atoms with Gasteiger partial charge in [0.2, 0.25) is 6.71 Å². The molecule has 0 fully saturated rings. The summed E-state index contributed by atoms with van der Waals surface area (Å²) in [7, 11) is 0. The van der Waals surface area contributed by atoms with Gasteiger partial charge in [-0.25, -0.2) is 0 Å². The number of fused-ring (bicyclic) bond motifs is 21. The van der Waals surface area contributed by atoms with E-state index in [4.69, 9.17) is 0 Å². The topological polar surface area (TPSA) is 13.1 Å². The molecule has 4 heterocycles. The Balaban J connectivity index is 0.953. The SMILES string of the molecule is CC(C)(C)c1ccc2c(c1)c1cc(C(C)(C)C)ccc1n2-c1ccc2c(c1)N(c1c(-c3ccccc3)cc(-c3ccccc3)cc1-c1ccccc1)c1cc(-n3c4ccc(C(C)(C)C)cc4c4cc(C(C)(C)C)ccc43)cc3c1B2c1ccc2c(c1S3)-c1ccccc1C21c2ccccc2-c2ccccc21. The molecule has 16 aromatic rings. The van der Waals surface area contributed by atoms with Crippen LogP contribution in [0, 0.1) is 0 Å². The smallest absolute Gasteiger partial charge is 0.249 e. The molecule has 3 nitrogen and oxygen atoms in total. The van der Waals surface area contributed by atoms with Crippen molar-refractivity contribution in [1.82, 2.24) is 9.13 Å². The van der Waals surface area contributed by atoms with Crippen LogP contribution in [-0.4, -0.2) is 15.8 Å². The summed E-state index contributed by atoms with van der Waals surface area (Å²) < 4.78 is 5.20. The van der Waals surface area contributed by atoms with Crippen molar-refractivity contribution in [2.45, 2.75) is 120 Å².